The molecule has 0 atom stereocenters. The first-order chi connectivity index (χ1) is 11.7. The molecule has 1 aliphatic rings. The van der Waals surface area contributed by atoms with Crippen molar-refractivity contribution in [1.82, 2.24) is 0 Å². The SMILES string of the molecule is COc1ccc(Oc2ccc(Cl)cc2NC(=O)C2CCCC2)cc1. The summed E-state index contributed by atoms with van der Waals surface area (Å²) in [6.45, 7) is 0. The van der Waals surface area contributed by atoms with Crippen LogP contribution >= 0.6 is 11.6 Å². The molecule has 4 nitrogen and oxygen atoms in total. The Hall–Kier alpha value is -2.20. The number of amides is 1. The van der Waals surface area contributed by atoms with Crippen LogP contribution in [0.5, 0.6) is 17.2 Å². The monoisotopic (exact) mass is 345 g/mol. The Bertz CT molecular complexity index is 709. The van der Waals surface area contributed by atoms with Crippen molar-refractivity contribution in [3.05, 3.63) is 47.5 Å². The lowest BCUT2D eigenvalue weighted by Crippen LogP contribution is -2.20. The van der Waals surface area contributed by atoms with Gasteiger partial charge in [-0.3, -0.25) is 4.79 Å². The second-order valence-electron chi connectivity index (χ2n) is 5.89. The van der Waals surface area contributed by atoms with Gasteiger partial charge in [0, 0.05) is 10.9 Å². The van der Waals surface area contributed by atoms with E-state index in [1.807, 2.05) is 24.3 Å². The van der Waals surface area contributed by atoms with E-state index in [1.54, 1.807) is 25.3 Å². The van der Waals surface area contributed by atoms with Crippen LogP contribution in [0.25, 0.3) is 0 Å². The number of carbonyl (C=O) groups is 1. The van der Waals surface area contributed by atoms with Crippen LogP contribution in [0, 0.1) is 5.92 Å². The highest BCUT2D eigenvalue weighted by atomic mass is 35.5. The van der Waals surface area contributed by atoms with Gasteiger partial charge in [-0.15, -0.1) is 0 Å². The summed E-state index contributed by atoms with van der Waals surface area (Å²) in [5.41, 5.74) is 0.593. The molecule has 0 aliphatic heterocycles. The van der Waals surface area contributed by atoms with Gasteiger partial charge in [0.25, 0.3) is 0 Å². The summed E-state index contributed by atoms with van der Waals surface area (Å²) in [6, 6.07) is 12.5. The third-order valence-corrected chi connectivity index (χ3v) is 4.45. The summed E-state index contributed by atoms with van der Waals surface area (Å²) in [4.78, 5) is 12.4. The van der Waals surface area contributed by atoms with Crippen LogP contribution in [0.3, 0.4) is 0 Å². The highest BCUT2D eigenvalue weighted by Crippen LogP contribution is 2.34. The normalized spacial score (nSPS) is 14.4. The first-order valence-electron chi connectivity index (χ1n) is 8.08. The Labute approximate surface area is 146 Å². The lowest BCUT2D eigenvalue weighted by atomic mass is 10.1. The number of benzene rings is 2. The van der Waals surface area contributed by atoms with Gasteiger partial charge in [-0.05, 0) is 55.3 Å². The molecule has 1 amide bonds. The van der Waals surface area contributed by atoms with Gasteiger partial charge in [0.1, 0.15) is 11.5 Å². The van der Waals surface area contributed by atoms with Gasteiger partial charge in [-0.1, -0.05) is 24.4 Å². The van der Waals surface area contributed by atoms with Gasteiger partial charge >= 0.3 is 0 Å². The van der Waals surface area contributed by atoms with Crippen LogP contribution in [0.4, 0.5) is 5.69 Å². The molecular formula is C19H20ClNO3. The summed E-state index contributed by atoms with van der Waals surface area (Å²) >= 11 is 6.08. The fraction of sp³-hybridized carbons (Fsp3) is 0.316. The van der Waals surface area contributed by atoms with E-state index in [0.29, 0.717) is 22.2 Å². The summed E-state index contributed by atoms with van der Waals surface area (Å²) in [5.74, 6) is 2.10. The highest BCUT2D eigenvalue weighted by Gasteiger charge is 2.23. The van der Waals surface area contributed by atoms with Crippen molar-refractivity contribution < 1.29 is 14.3 Å². The van der Waals surface area contributed by atoms with Gasteiger partial charge in [-0.25, -0.2) is 0 Å². The number of carbonyl (C=O) groups excluding carboxylic acids is 1. The van der Waals surface area contributed by atoms with Crippen LogP contribution in [-0.2, 0) is 4.79 Å². The minimum Gasteiger partial charge on any atom is -0.497 e. The molecule has 126 valence electrons. The number of methoxy groups -OCH3 is 1. The Morgan fingerprint density at radius 3 is 2.42 bits per heavy atom. The minimum absolute atomic E-state index is 0.0364. The number of rotatable bonds is 5. The molecule has 2 aromatic carbocycles. The van der Waals surface area contributed by atoms with Crippen molar-refractivity contribution in [2.75, 3.05) is 12.4 Å². The van der Waals surface area contributed by atoms with E-state index < -0.39 is 0 Å². The largest absolute Gasteiger partial charge is 0.497 e. The Morgan fingerprint density at radius 2 is 1.75 bits per heavy atom. The maximum atomic E-state index is 12.4. The quantitative estimate of drug-likeness (QED) is 0.803. The zero-order valence-corrected chi connectivity index (χ0v) is 14.3. The molecule has 3 rings (SSSR count). The first kappa shape index (κ1) is 16.7. The Kier molecular flexibility index (Phi) is 5.26. The van der Waals surface area contributed by atoms with Crippen LogP contribution in [0.2, 0.25) is 5.02 Å². The van der Waals surface area contributed by atoms with Crippen molar-refractivity contribution in [2.24, 2.45) is 5.92 Å². The Morgan fingerprint density at radius 1 is 1.08 bits per heavy atom. The summed E-state index contributed by atoms with van der Waals surface area (Å²) in [5, 5.41) is 3.52. The van der Waals surface area contributed by atoms with Crippen molar-refractivity contribution in [3.63, 3.8) is 0 Å². The summed E-state index contributed by atoms with van der Waals surface area (Å²) < 4.78 is 11.0. The topological polar surface area (TPSA) is 47.6 Å². The van der Waals surface area contributed by atoms with Gasteiger partial charge < -0.3 is 14.8 Å². The number of hydrogen-bond acceptors (Lipinski definition) is 3. The van der Waals surface area contributed by atoms with Crippen molar-refractivity contribution in [3.8, 4) is 17.2 Å². The molecule has 0 radical (unpaired) electrons. The van der Waals surface area contributed by atoms with E-state index in [2.05, 4.69) is 5.32 Å². The van der Waals surface area contributed by atoms with E-state index in [1.165, 1.54) is 0 Å². The molecule has 1 fully saturated rings. The summed E-state index contributed by atoms with van der Waals surface area (Å²) in [7, 11) is 1.62. The predicted octanol–water partition coefficient (Wildman–Crippen LogP) is 5.27. The minimum atomic E-state index is 0.0364. The number of hydrogen-bond donors (Lipinski definition) is 1. The number of nitrogens with one attached hydrogen (secondary N) is 1. The molecule has 0 saturated heterocycles. The average Bonchev–Trinajstić information content (AvgIpc) is 3.13. The average molecular weight is 346 g/mol. The molecule has 0 heterocycles. The Balaban J connectivity index is 1.77. The number of anilines is 1. The fourth-order valence-electron chi connectivity index (χ4n) is 2.88. The van der Waals surface area contributed by atoms with Crippen molar-refractivity contribution >= 4 is 23.2 Å². The molecule has 1 N–H and O–H groups in total. The molecule has 1 saturated carbocycles. The lowest BCUT2D eigenvalue weighted by Gasteiger charge is -2.15. The number of halogens is 1. The zero-order chi connectivity index (χ0) is 16.9. The van der Waals surface area contributed by atoms with Crippen LogP contribution < -0.4 is 14.8 Å². The maximum Gasteiger partial charge on any atom is 0.227 e. The van der Waals surface area contributed by atoms with E-state index >= 15 is 0 Å². The van der Waals surface area contributed by atoms with Crippen LogP contribution in [-0.4, -0.2) is 13.0 Å². The molecule has 2 aromatic rings. The molecule has 5 heteroatoms. The zero-order valence-electron chi connectivity index (χ0n) is 13.5. The number of ether oxygens (including phenoxy) is 2. The van der Waals surface area contributed by atoms with E-state index in [9.17, 15) is 4.79 Å². The molecule has 1 aliphatic carbocycles. The summed E-state index contributed by atoms with van der Waals surface area (Å²) in [6.07, 6.45) is 4.12. The van der Waals surface area contributed by atoms with E-state index in [-0.39, 0.29) is 11.8 Å². The molecule has 0 bridgehead atoms. The maximum absolute atomic E-state index is 12.4. The third-order valence-electron chi connectivity index (χ3n) is 4.21. The van der Waals surface area contributed by atoms with Gasteiger partial charge in [0.05, 0.1) is 12.8 Å². The highest BCUT2D eigenvalue weighted by molar-refractivity contribution is 6.31. The second kappa shape index (κ2) is 7.58. The predicted molar refractivity (Wildman–Crippen MR) is 95.1 cm³/mol. The van der Waals surface area contributed by atoms with Gasteiger partial charge in [0.2, 0.25) is 5.91 Å². The smallest absolute Gasteiger partial charge is 0.227 e. The molecular weight excluding hydrogens is 326 g/mol. The molecule has 0 unspecified atom stereocenters. The lowest BCUT2D eigenvalue weighted by molar-refractivity contribution is -0.119. The molecule has 0 spiro atoms. The standard InChI is InChI=1S/C19H20ClNO3/c1-23-15-7-9-16(10-8-15)24-18-11-6-14(20)12-17(18)21-19(22)13-4-2-3-5-13/h6-13H,2-5H2,1H3,(H,21,22). The van der Waals surface area contributed by atoms with Gasteiger partial charge in [0.15, 0.2) is 5.75 Å². The van der Waals surface area contributed by atoms with Crippen LogP contribution in [0.1, 0.15) is 25.7 Å². The third kappa shape index (κ3) is 4.01. The van der Waals surface area contributed by atoms with Crippen LogP contribution in [0.15, 0.2) is 42.5 Å². The van der Waals surface area contributed by atoms with Gasteiger partial charge in [-0.2, -0.15) is 0 Å². The van der Waals surface area contributed by atoms with Crippen molar-refractivity contribution in [1.29, 1.82) is 0 Å². The van der Waals surface area contributed by atoms with E-state index in [4.69, 9.17) is 21.1 Å². The fourth-order valence-corrected chi connectivity index (χ4v) is 3.05. The molecule has 0 aromatic heterocycles. The molecule has 24 heavy (non-hydrogen) atoms. The van der Waals surface area contributed by atoms with E-state index in [0.717, 1.165) is 31.4 Å². The first-order valence-corrected chi connectivity index (χ1v) is 8.46. The second-order valence-corrected chi connectivity index (χ2v) is 6.33. The van der Waals surface area contributed by atoms with Crippen molar-refractivity contribution in [2.45, 2.75) is 25.7 Å².